The Hall–Kier alpha value is -5.92. The van der Waals surface area contributed by atoms with E-state index in [0.29, 0.717) is 0 Å². The van der Waals surface area contributed by atoms with Crippen molar-refractivity contribution in [1.29, 1.82) is 0 Å². The fourth-order valence-electron chi connectivity index (χ4n) is 5.11. The molecule has 1 aliphatic rings. The van der Waals surface area contributed by atoms with Crippen LogP contribution in [-0.2, 0) is 0 Å². The second-order valence-corrected chi connectivity index (χ2v) is 9.48. The maximum atomic E-state index is 13.8. The van der Waals surface area contributed by atoms with Crippen LogP contribution < -0.4 is 10.2 Å². The van der Waals surface area contributed by atoms with Crippen molar-refractivity contribution in [3.63, 3.8) is 0 Å². The van der Waals surface area contributed by atoms with E-state index in [4.69, 9.17) is 9.15 Å². The largest absolute Gasteiger partial charge is 0.504 e. The van der Waals surface area contributed by atoms with Crippen LogP contribution in [0.25, 0.3) is 21.9 Å². The molecule has 0 spiro atoms. The number of carbonyl (C=O) groups excluding carboxylic acids is 3. The fourth-order valence-corrected chi connectivity index (χ4v) is 5.11. The zero-order chi connectivity index (χ0) is 30.9. The normalized spacial score (nSPS) is 14.4. The number of benzene rings is 3. The third kappa shape index (κ3) is 3.80. The molecule has 0 aliphatic carbocycles. The maximum Gasteiger partial charge on any atom is 0.340 e. The van der Waals surface area contributed by atoms with Gasteiger partial charge in [0.05, 0.1) is 21.9 Å². The summed E-state index contributed by atoms with van der Waals surface area (Å²) in [5.41, 5.74) is -5.27. The molecule has 0 saturated carbocycles. The first kappa shape index (κ1) is 27.6. The maximum absolute atomic E-state index is 13.8. The number of carboxylic acids is 2. The molecule has 42 heavy (non-hydrogen) atoms. The van der Waals surface area contributed by atoms with Crippen LogP contribution in [0.1, 0.15) is 64.3 Å². The monoisotopic (exact) mass is 578 g/mol. The Morgan fingerprint density at radius 3 is 2.05 bits per heavy atom. The number of phenolic OH excluding ortho intramolecular Hbond substituents is 2. The van der Waals surface area contributed by atoms with E-state index in [1.807, 2.05) is 0 Å². The van der Waals surface area contributed by atoms with E-state index in [9.17, 15) is 59.4 Å². The number of ether oxygens (including phenoxy) is 1. The van der Waals surface area contributed by atoms with Gasteiger partial charge in [0.1, 0.15) is 40.6 Å². The molecule has 0 saturated heterocycles. The summed E-state index contributed by atoms with van der Waals surface area (Å²) in [4.78, 5) is 77.2. The van der Waals surface area contributed by atoms with Crippen LogP contribution in [-0.4, -0.2) is 66.5 Å². The second-order valence-electron chi connectivity index (χ2n) is 9.48. The van der Waals surface area contributed by atoms with Gasteiger partial charge >= 0.3 is 11.9 Å². The minimum atomic E-state index is -1.79. The highest BCUT2D eigenvalue weighted by molar-refractivity contribution is 6.23. The number of hydrogen-bond donors (Lipinski definition) is 6. The molecule has 214 valence electrons. The van der Waals surface area contributed by atoms with E-state index in [2.05, 4.69) is 0 Å². The van der Waals surface area contributed by atoms with Crippen LogP contribution in [0.15, 0.2) is 27.4 Å². The number of aromatic hydroxyl groups is 4. The molecule has 1 aliphatic heterocycles. The molecule has 3 aromatic carbocycles. The molecule has 0 amide bonds. The number of phenols is 4. The first-order valence-electron chi connectivity index (χ1n) is 11.9. The summed E-state index contributed by atoms with van der Waals surface area (Å²) in [5.74, 6) is -12.5. The van der Waals surface area contributed by atoms with E-state index in [1.165, 1.54) is 6.92 Å². The zero-order valence-corrected chi connectivity index (χ0v) is 21.5. The van der Waals surface area contributed by atoms with Crippen molar-refractivity contribution in [1.82, 2.24) is 0 Å². The Morgan fingerprint density at radius 1 is 0.857 bits per heavy atom. The molecule has 0 radical (unpaired) electrons. The van der Waals surface area contributed by atoms with Gasteiger partial charge in [0.15, 0.2) is 40.3 Å². The molecule has 4 aromatic rings. The van der Waals surface area contributed by atoms with Gasteiger partial charge in [-0.15, -0.1) is 0 Å². The van der Waals surface area contributed by atoms with Gasteiger partial charge in [-0.05, 0) is 25.5 Å². The van der Waals surface area contributed by atoms with Gasteiger partial charge in [0, 0.05) is 17.7 Å². The van der Waals surface area contributed by atoms with Crippen molar-refractivity contribution >= 4 is 51.2 Å². The molecule has 0 bridgehead atoms. The number of Topliss-reactive ketones (excluding diaryl/α,β-unsaturated/α-hetero) is 3. The Kier molecular flexibility index (Phi) is 6.14. The van der Waals surface area contributed by atoms with Gasteiger partial charge < -0.3 is 39.8 Å². The lowest BCUT2D eigenvalue weighted by Crippen LogP contribution is -2.36. The lowest BCUT2D eigenvalue weighted by molar-refractivity contribution is 0.0657. The number of fused-ring (bicyclic) bond motifs is 3. The summed E-state index contributed by atoms with van der Waals surface area (Å²) < 4.78 is 11.1. The highest BCUT2D eigenvalue weighted by Crippen LogP contribution is 2.42. The quantitative estimate of drug-likeness (QED) is 0.0863. The van der Waals surface area contributed by atoms with Crippen LogP contribution in [0, 0.1) is 12.8 Å². The first-order chi connectivity index (χ1) is 19.7. The van der Waals surface area contributed by atoms with Crippen LogP contribution in [0.3, 0.4) is 0 Å². The smallest absolute Gasteiger partial charge is 0.340 e. The number of ketones is 3. The summed E-state index contributed by atoms with van der Waals surface area (Å²) in [6.45, 7) is 1.78. The van der Waals surface area contributed by atoms with Crippen molar-refractivity contribution in [2.45, 2.75) is 13.8 Å². The second kappa shape index (κ2) is 9.33. The average molecular weight is 578 g/mol. The molecular weight excluding hydrogens is 560 g/mol. The minimum Gasteiger partial charge on any atom is -0.504 e. The van der Waals surface area contributed by atoms with Crippen LogP contribution in [0.4, 0.5) is 0 Å². The van der Waals surface area contributed by atoms with Gasteiger partial charge in [0.25, 0.3) is 0 Å². The predicted molar refractivity (Wildman–Crippen MR) is 139 cm³/mol. The van der Waals surface area contributed by atoms with E-state index >= 15 is 0 Å². The Labute approximate surface area is 232 Å². The first-order valence-corrected chi connectivity index (χ1v) is 11.9. The van der Waals surface area contributed by atoms with E-state index in [0.717, 1.165) is 25.1 Å². The highest BCUT2D eigenvalue weighted by atomic mass is 16.5. The summed E-state index contributed by atoms with van der Waals surface area (Å²) in [5, 5.41) is 58.1. The molecule has 14 heteroatoms. The SMILES string of the molecule is CC(=O)c1c(C)c(C(=O)[C@H]2COc3cc(O)c(O)c(C(=O)O)c3C2=O)cc2c(=O)c3c(C(=O)O)c(O)c(O)cc3oc12. The number of rotatable bonds is 5. The number of carbonyl (C=O) groups is 5. The molecule has 2 heterocycles. The molecule has 5 rings (SSSR count). The van der Waals surface area contributed by atoms with Gasteiger partial charge in [-0.3, -0.25) is 19.2 Å². The fraction of sp³-hybridized carbons (Fsp3) is 0.143. The van der Waals surface area contributed by atoms with Crippen molar-refractivity contribution < 1.29 is 63.8 Å². The Morgan fingerprint density at radius 2 is 1.45 bits per heavy atom. The summed E-state index contributed by atoms with van der Waals surface area (Å²) >= 11 is 0. The molecular formula is C28H18O14. The summed E-state index contributed by atoms with van der Waals surface area (Å²) in [6, 6.07) is 2.57. The average Bonchev–Trinajstić information content (AvgIpc) is 2.90. The predicted octanol–water partition coefficient (Wildman–Crippen LogP) is 2.75. The standard InChI is InChI=1S/C28H18O14/c1-7-9(21(32)11-6-41-14-4-12(30)24(35)19(27(37)38)17(14)23(11)34)3-10-22(33)18-15(42-26(10)16(7)8(2)29)5-13(31)25(36)20(18)28(39)40/h3-5,11,30-31,35-36H,6H2,1-2H3,(H,37,38)(H,39,40)/t11-/m1/s1. The number of carboxylic acid groups (broad SMARTS) is 2. The lowest BCUT2D eigenvalue weighted by atomic mass is 9.83. The highest BCUT2D eigenvalue weighted by Gasteiger charge is 2.41. The van der Waals surface area contributed by atoms with E-state index in [1.54, 1.807) is 0 Å². The molecule has 1 atom stereocenters. The third-order valence-corrected chi connectivity index (χ3v) is 7.04. The molecule has 6 N–H and O–H groups in total. The van der Waals surface area contributed by atoms with E-state index < -0.39 is 109 Å². The Balaban J connectivity index is 1.78. The third-order valence-electron chi connectivity index (χ3n) is 7.04. The zero-order valence-electron chi connectivity index (χ0n) is 21.5. The van der Waals surface area contributed by atoms with Crippen molar-refractivity contribution in [3.8, 4) is 28.7 Å². The topological polar surface area (TPSA) is 246 Å². The molecule has 0 fully saturated rings. The van der Waals surface area contributed by atoms with Crippen LogP contribution >= 0.6 is 0 Å². The number of hydrogen-bond acceptors (Lipinski definition) is 12. The van der Waals surface area contributed by atoms with Gasteiger partial charge in [0.2, 0.25) is 5.43 Å². The van der Waals surface area contributed by atoms with Crippen LogP contribution in [0.5, 0.6) is 28.7 Å². The molecule has 0 unspecified atom stereocenters. The van der Waals surface area contributed by atoms with Gasteiger partial charge in [-0.2, -0.15) is 0 Å². The van der Waals surface area contributed by atoms with Gasteiger partial charge in [-0.25, -0.2) is 9.59 Å². The summed E-state index contributed by atoms with van der Waals surface area (Å²) in [6.07, 6.45) is 0. The van der Waals surface area contributed by atoms with Gasteiger partial charge in [-0.1, -0.05) is 0 Å². The Bertz CT molecular complexity index is 2030. The van der Waals surface area contributed by atoms with Crippen LogP contribution in [0.2, 0.25) is 0 Å². The molecule has 1 aromatic heterocycles. The molecule has 14 nitrogen and oxygen atoms in total. The van der Waals surface area contributed by atoms with Crippen molar-refractivity contribution in [3.05, 3.63) is 61.8 Å². The summed E-state index contributed by atoms with van der Waals surface area (Å²) in [7, 11) is 0. The van der Waals surface area contributed by atoms with Crippen molar-refractivity contribution in [2.24, 2.45) is 5.92 Å². The lowest BCUT2D eigenvalue weighted by Gasteiger charge is -2.25. The van der Waals surface area contributed by atoms with E-state index in [-0.39, 0.29) is 22.3 Å². The van der Waals surface area contributed by atoms with Crippen molar-refractivity contribution in [2.75, 3.05) is 6.61 Å². The minimum absolute atomic E-state index is 0.0467. The number of aromatic carboxylic acids is 2.